The first-order valence-corrected chi connectivity index (χ1v) is 7.35. The van der Waals surface area contributed by atoms with Gasteiger partial charge in [-0.3, -0.25) is 9.97 Å². The van der Waals surface area contributed by atoms with Crippen molar-refractivity contribution < 1.29 is 4.39 Å². The monoisotopic (exact) mass is 387 g/mol. The largest absolute Gasteiger partial charge is 0.305 e. The Kier molecular flexibility index (Phi) is 5.01. The molecule has 0 spiro atoms. The third-order valence-corrected chi connectivity index (χ3v) is 3.65. The van der Waals surface area contributed by atoms with Crippen LogP contribution in [0.4, 0.5) is 4.39 Å². The summed E-state index contributed by atoms with van der Waals surface area (Å²) in [7, 11) is 0. The predicted molar refractivity (Wildman–Crippen MR) is 79.4 cm³/mol. The molecule has 0 aliphatic heterocycles. The minimum atomic E-state index is -0.353. The maximum atomic E-state index is 13.3. The molecule has 0 bridgehead atoms. The second-order valence-electron chi connectivity index (χ2n) is 3.95. The summed E-state index contributed by atoms with van der Waals surface area (Å²) in [5.41, 5.74) is 1.55. The molecule has 0 radical (unpaired) electrons. The third kappa shape index (κ3) is 3.58. The number of hydrogen-bond acceptors (Lipinski definition) is 3. The standard InChI is InChI=1S/C13H12Br2FN3/c1-2-18-12(8-3-10(16)7-17-5-8)13-11(15)4-9(14)6-19-13/h3-7,12,18H,2H2,1H3. The molecule has 0 saturated carbocycles. The SMILES string of the molecule is CCNC(c1cncc(F)c1)c1ncc(Br)cc1Br. The highest BCUT2D eigenvalue weighted by atomic mass is 79.9. The smallest absolute Gasteiger partial charge is 0.141 e. The molecule has 0 saturated heterocycles. The highest BCUT2D eigenvalue weighted by molar-refractivity contribution is 9.11. The summed E-state index contributed by atoms with van der Waals surface area (Å²) in [6.45, 7) is 2.73. The fourth-order valence-electron chi connectivity index (χ4n) is 1.80. The zero-order chi connectivity index (χ0) is 13.8. The van der Waals surface area contributed by atoms with Gasteiger partial charge >= 0.3 is 0 Å². The molecule has 0 amide bonds. The van der Waals surface area contributed by atoms with Gasteiger partial charge in [-0.05, 0) is 56.1 Å². The van der Waals surface area contributed by atoms with Crippen LogP contribution in [0.15, 0.2) is 39.7 Å². The van der Waals surface area contributed by atoms with E-state index in [-0.39, 0.29) is 11.9 Å². The predicted octanol–water partition coefficient (Wildman–Crippen LogP) is 3.84. The Labute approximate surface area is 127 Å². The minimum absolute atomic E-state index is 0.198. The molecule has 2 aromatic rings. The van der Waals surface area contributed by atoms with E-state index in [0.29, 0.717) is 0 Å². The molecule has 100 valence electrons. The van der Waals surface area contributed by atoms with Gasteiger partial charge in [-0.1, -0.05) is 6.92 Å². The number of nitrogens with zero attached hydrogens (tertiary/aromatic N) is 2. The van der Waals surface area contributed by atoms with E-state index < -0.39 is 0 Å². The average Bonchev–Trinajstić information content (AvgIpc) is 2.37. The van der Waals surface area contributed by atoms with Crippen molar-refractivity contribution in [2.24, 2.45) is 0 Å². The quantitative estimate of drug-likeness (QED) is 0.864. The van der Waals surface area contributed by atoms with E-state index in [1.165, 1.54) is 12.3 Å². The summed E-state index contributed by atoms with van der Waals surface area (Å²) in [5.74, 6) is -0.353. The summed E-state index contributed by atoms with van der Waals surface area (Å²) in [6.07, 6.45) is 4.56. The van der Waals surface area contributed by atoms with Crippen LogP contribution < -0.4 is 5.32 Å². The molecule has 1 N–H and O–H groups in total. The van der Waals surface area contributed by atoms with Crippen LogP contribution in [0.3, 0.4) is 0 Å². The summed E-state index contributed by atoms with van der Waals surface area (Å²) in [6, 6.07) is 3.19. The molecule has 0 fully saturated rings. The number of aromatic nitrogens is 2. The van der Waals surface area contributed by atoms with Gasteiger partial charge in [0.05, 0.1) is 17.9 Å². The summed E-state index contributed by atoms with van der Waals surface area (Å²) in [5, 5.41) is 3.29. The Morgan fingerprint density at radius 3 is 2.68 bits per heavy atom. The first-order chi connectivity index (χ1) is 9.11. The van der Waals surface area contributed by atoms with Gasteiger partial charge in [0.1, 0.15) is 5.82 Å². The fourth-order valence-corrected chi connectivity index (χ4v) is 3.02. The number of halogens is 3. The Bertz CT molecular complexity index is 578. The Balaban J connectivity index is 2.45. The fraction of sp³-hybridized carbons (Fsp3) is 0.231. The minimum Gasteiger partial charge on any atom is -0.305 e. The van der Waals surface area contributed by atoms with Crippen molar-refractivity contribution in [3.63, 3.8) is 0 Å². The molecule has 6 heteroatoms. The lowest BCUT2D eigenvalue weighted by Crippen LogP contribution is -2.23. The summed E-state index contributed by atoms with van der Waals surface area (Å²) < 4.78 is 15.1. The normalized spacial score (nSPS) is 12.4. The van der Waals surface area contributed by atoms with E-state index >= 15 is 0 Å². The van der Waals surface area contributed by atoms with Gasteiger partial charge in [-0.25, -0.2) is 4.39 Å². The van der Waals surface area contributed by atoms with Crippen LogP contribution >= 0.6 is 31.9 Å². The van der Waals surface area contributed by atoms with Gasteiger partial charge < -0.3 is 5.32 Å². The van der Waals surface area contributed by atoms with Crippen molar-refractivity contribution in [3.05, 3.63) is 56.7 Å². The van der Waals surface area contributed by atoms with Gasteiger partial charge in [0.25, 0.3) is 0 Å². The van der Waals surface area contributed by atoms with Crippen LogP contribution in [0, 0.1) is 5.82 Å². The second kappa shape index (κ2) is 6.54. The van der Waals surface area contributed by atoms with Crippen LogP contribution in [-0.2, 0) is 0 Å². The zero-order valence-electron chi connectivity index (χ0n) is 10.2. The topological polar surface area (TPSA) is 37.8 Å². The molecule has 1 unspecified atom stereocenters. The molecular formula is C13H12Br2FN3. The molecule has 0 aliphatic carbocycles. The molecule has 1 atom stereocenters. The molecule has 2 heterocycles. The van der Waals surface area contributed by atoms with Crippen LogP contribution in [0.25, 0.3) is 0 Å². The molecule has 0 aliphatic rings. The first kappa shape index (κ1) is 14.6. The number of nitrogens with one attached hydrogen (secondary N) is 1. The Hall–Kier alpha value is -0.850. The number of pyridine rings is 2. The second-order valence-corrected chi connectivity index (χ2v) is 5.72. The van der Waals surface area contributed by atoms with E-state index in [1.807, 2.05) is 13.0 Å². The third-order valence-electron chi connectivity index (χ3n) is 2.58. The van der Waals surface area contributed by atoms with Gasteiger partial charge in [0.15, 0.2) is 0 Å². The van der Waals surface area contributed by atoms with E-state index in [2.05, 4.69) is 47.1 Å². The van der Waals surface area contributed by atoms with Gasteiger partial charge in [0.2, 0.25) is 0 Å². The molecule has 0 aromatic carbocycles. The maximum Gasteiger partial charge on any atom is 0.141 e. The first-order valence-electron chi connectivity index (χ1n) is 5.76. The lowest BCUT2D eigenvalue weighted by molar-refractivity contribution is 0.587. The van der Waals surface area contributed by atoms with E-state index in [1.54, 1.807) is 12.4 Å². The molecule has 3 nitrogen and oxygen atoms in total. The lowest BCUT2D eigenvalue weighted by Gasteiger charge is -2.19. The molecular weight excluding hydrogens is 377 g/mol. The van der Waals surface area contributed by atoms with Crippen LogP contribution in [-0.4, -0.2) is 16.5 Å². The van der Waals surface area contributed by atoms with Gasteiger partial charge in [0, 0.05) is 21.3 Å². The molecule has 2 rings (SSSR count). The number of rotatable bonds is 4. The van der Waals surface area contributed by atoms with Crippen molar-refractivity contribution in [3.8, 4) is 0 Å². The molecule has 2 aromatic heterocycles. The Morgan fingerprint density at radius 1 is 1.26 bits per heavy atom. The van der Waals surface area contributed by atoms with Crippen molar-refractivity contribution in [1.82, 2.24) is 15.3 Å². The van der Waals surface area contributed by atoms with Crippen molar-refractivity contribution in [1.29, 1.82) is 0 Å². The van der Waals surface area contributed by atoms with Gasteiger partial charge in [-0.2, -0.15) is 0 Å². The van der Waals surface area contributed by atoms with Crippen molar-refractivity contribution in [2.45, 2.75) is 13.0 Å². The van der Waals surface area contributed by atoms with Crippen LogP contribution in [0.5, 0.6) is 0 Å². The van der Waals surface area contributed by atoms with Gasteiger partial charge in [-0.15, -0.1) is 0 Å². The van der Waals surface area contributed by atoms with E-state index in [0.717, 1.165) is 26.7 Å². The highest BCUT2D eigenvalue weighted by Gasteiger charge is 2.18. The maximum absolute atomic E-state index is 13.3. The lowest BCUT2D eigenvalue weighted by atomic mass is 10.1. The number of hydrogen-bond donors (Lipinski definition) is 1. The summed E-state index contributed by atoms with van der Waals surface area (Å²) >= 11 is 6.85. The molecule has 19 heavy (non-hydrogen) atoms. The van der Waals surface area contributed by atoms with Crippen LogP contribution in [0.2, 0.25) is 0 Å². The average molecular weight is 389 g/mol. The Morgan fingerprint density at radius 2 is 2.05 bits per heavy atom. The highest BCUT2D eigenvalue weighted by Crippen LogP contribution is 2.28. The van der Waals surface area contributed by atoms with Crippen molar-refractivity contribution in [2.75, 3.05) is 6.54 Å². The zero-order valence-corrected chi connectivity index (χ0v) is 13.4. The van der Waals surface area contributed by atoms with Crippen molar-refractivity contribution >= 4 is 31.9 Å². The van der Waals surface area contributed by atoms with Crippen LogP contribution in [0.1, 0.15) is 24.2 Å². The van der Waals surface area contributed by atoms with E-state index in [4.69, 9.17) is 0 Å². The summed E-state index contributed by atoms with van der Waals surface area (Å²) in [4.78, 5) is 8.29. The van der Waals surface area contributed by atoms with E-state index in [9.17, 15) is 4.39 Å².